The summed E-state index contributed by atoms with van der Waals surface area (Å²) in [6.45, 7) is -1.77. The number of carbonyl (C=O) groups is 3. The number of rotatable bonds is 6. The molecule has 1 saturated heterocycles. The van der Waals surface area contributed by atoms with Gasteiger partial charge in [0.05, 0.1) is 6.42 Å². The lowest BCUT2D eigenvalue weighted by atomic mass is 10.0. The van der Waals surface area contributed by atoms with Gasteiger partial charge in [-0.25, -0.2) is 4.79 Å². The second kappa shape index (κ2) is 6.83. The summed E-state index contributed by atoms with van der Waals surface area (Å²) in [5, 5.41) is -0.104. The largest absolute Gasteiger partial charge is 0.533 e. The molecule has 6 nitrogen and oxygen atoms in total. The average molecular weight is 405 g/mol. The van der Waals surface area contributed by atoms with Gasteiger partial charge in [-0.15, -0.1) is 0 Å². The second-order valence-corrected chi connectivity index (χ2v) is 4.87. The van der Waals surface area contributed by atoms with Crippen LogP contribution in [0.4, 0.5) is 44.3 Å². The van der Waals surface area contributed by atoms with Gasteiger partial charge in [0.2, 0.25) is 0 Å². The molecule has 1 aliphatic rings. The predicted molar refractivity (Wildman–Crippen MR) is 59.0 cm³/mol. The van der Waals surface area contributed by atoms with Crippen LogP contribution in [-0.4, -0.2) is 53.6 Å². The third-order valence-electron chi connectivity index (χ3n) is 3.02. The van der Waals surface area contributed by atoms with E-state index < -0.39 is 54.9 Å². The first-order valence-corrected chi connectivity index (χ1v) is 6.45. The number of ether oxygens (including phenoxy) is 1. The normalized spacial score (nSPS) is 16.9. The minimum Gasteiger partial charge on any atom is -0.432 e. The van der Waals surface area contributed by atoms with E-state index in [1.807, 2.05) is 0 Å². The first-order valence-electron chi connectivity index (χ1n) is 6.45. The minimum atomic E-state index is -7.06. The number of amides is 2. The smallest absolute Gasteiger partial charge is 0.432 e. The lowest BCUT2D eigenvalue weighted by molar-refractivity contribution is -0.397. The van der Waals surface area contributed by atoms with E-state index >= 15 is 0 Å². The zero-order valence-corrected chi connectivity index (χ0v) is 12.2. The molecule has 0 aromatic rings. The Morgan fingerprint density at radius 3 is 1.77 bits per heavy atom. The van der Waals surface area contributed by atoms with Crippen LogP contribution in [0.3, 0.4) is 0 Å². The highest BCUT2D eigenvalue weighted by Gasteiger charge is 2.81. The molecular formula is C11H8F9NO5. The predicted octanol–water partition coefficient (Wildman–Crippen LogP) is 3.06. The SMILES string of the molecule is O=C(OCCC(F)(F)C(F)(F)C(F)(F)C(F)(F)F)ON1C(=O)CCC1=O. The van der Waals surface area contributed by atoms with Gasteiger partial charge in [-0.05, 0) is 0 Å². The molecular weight excluding hydrogens is 397 g/mol. The maximum atomic E-state index is 13.1. The van der Waals surface area contributed by atoms with E-state index in [1.54, 1.807) is 0 Å². The van der Waals surface area contributed by atoms with Crippen molar-refractivity contribution in [3.8, 4) is 0 Å². The molecule has 150 valence electrons. The molecule has 1 aliphatic heterocycles. The van der Waals surface area contributed by atoms with Crippen LogP contribution in [0.25, 0.3) is 0 Å². The first kappa shape index (κ1) is 21.8. The molecule has 1 fully saturated rings. The number of hydrogen-bond donors (Lipinski definition) is 0. The number of imide groups is 1. The molecule has 0 radical (unpaired) electrons. The molecule has 0 aromatic carbocycles. The van der Waals surface area contributed by atoms with Crippen molar-refractivity contribution in [2.75, 3.05) is 6.61 Å². The summed E-state index contributed by atoms with van der Waals surface area (Å²) < 4.78 is 117. The number of alkyl halides is 9. The molecule has 0 bridgehead atoms. The fourth-order valence-corrected chi connectivity index (χ4v) is 1.59. The van der Waals surface area contributed by atoms with Crippen LogP contribution in [0.5, 0.6) is 0 Å². The summed E-state index contributed by atoms with van der Waals surface area (Å²) in [5.41, 5.74) is 0. The summed E-state index contributed by atoms with van der Waals surface area (Å²) in [7, 11) is 0. The Hall–Kier alpha value is -2.22. The van der Waals surface area contributed by atoms with Crippen LogP contribution in [0, 0.1) is 0 Å². The van der Waals surface area contributed by atoms with Crippen molar-refractivity contribution in [1.82, 2.24) is 5.06 Å². The zero-order chi connectivity index (χ0) is 20.6. The minimum absolute atomic E-state index is 0.104. The Morgan fingerprint density at radius 2 is 1.35 bits per heavy atom. The quantitative estimate of drug-likeness (QED) is 0.386. The third-order valence-corrected chi connectivity index (χ3v) is 3.02. The van der Waals surface area contributed by atoms with E-state index in [9.17, 15) is 53.9 Å². The number of hydrogen-bond acceptors (Lipinski definition) is 5. The van der Waals surface area contributed by atoms with Crippen LogP contribution in [0.1, 0.15) is 19.3 Å². The van der Waals surface area contributed by atoms with E-state index in [4.69, 9.17) is 0 Å². The molecule has 1 rings (SSSR count). The molecule has 2 amide bonds. The lowest BCUT2D eigenvalue weighted by Crippen LogP contribution is -2.61. The summed E-state index contributed by atoms with van der Waals surface area (Å²) in [6.07, 6.45) is -12.1. The fourth-order valence-electron chi connectivity index (χ4n) is 1.59. The molecule has 0 saturated carbocycles. The van der Waals surface area contributed by atoms with Crippen LogP contribution in [0.2, 0.25) is 0 Å². The molecule has 0 unspecified atom stereocenters. The second-order valence-electron chi connectivity index (χ2n) is 4.87. The van der Waals surface area contributed by atoms with Crippen LogP contribution >= 0.6 is 0 Å². The Bertz CT molecular complexity index is 573. The van der Waals surface area contributed by atoms with E-state index in [0.29, 0.717) is 0 Å². The molecule has 15 heteroatoms. The molecule has 0 N–H and O–H groups in total. The zero-order valence-electron chi connectivity index (χ0n) is 12.2. The molecule has 0 aliphatic carbocycles. The van der Waals surface area contributed by atoms with Crippen LogP contribution in [-0.2, 0) is 19.2 Å². The number of nitrogens with zero attached hydrogens (tertiary/aromatic N) is 1. The summed E-state index contributed by atoms with van der Waals surface area (Å²) >= 11 is 0. The Balaban J connectivity index is 2.66. The Kier molecular flexibility index (Phi) is 5.73. The maximum absolute atomic E-state index is 13.1. The Morgan fingerprint density at radius 1 is 0.885 bits per heavy atom. The van der Waals surface area contributed by atoms with Crippen molar-refractivity contribution >= 4 is 18.0 Å². The highest BCUT2D eigenvalue weighted by Crippen LogP contribution is 2.53. The Labute approximate surface area is 137 Å². The number of halogens is 9. The van der Waals surface area contributed by atoms with Gasteiger partial charge < -0.3 is 4.74 Å². The third kappa shape index (κ3) is 3.95. The highest BCUT2D eigenvalue weighted by atomic mass is 19.4. The van der Waals surface area contributed by atoms with Gasteiger partial charge in [-0.1, -0.05) is 5.06 Å². The van der Waals surface area contributed by atoms with Gasteiger partial charge in [-0.3, -0.25) is 14.4 Å². The van der Waals surface area contributed by atoms with Crippen LogP contribution in [0.15, 0.2) is 0 Å². The van der Waals surface area contributed by atoms with Gasteiger partial charge >= 0.3 is 30.1 Å². The van der Waals surface area contributed by atoms with E-state index in [0.717, 1.165) is 0 Å². The van der Waals surface area contributed by atoms with Crippen molar-refractivity contribution in [1.29, 1.82) is 0 Å². The lowest BCUT2D eigenvalue weighted by Gasteiger charge is -2.33. The van der Waals surface area contributed by atoms with Crippen molar-refractivity contribution in [3.63, 3.8) is 0 Å². The standard InChI is InChI=1S/C11H8F9NO5/c12-8(13,9(14,15)10(16,17)11(18,19)20)3-4-25-7(24)26-21-5(22)1-2-6(21)23/h1-4H2. The molecule has 0 aromatic heterocycles. The van der Waals surface area contributed by atoms with Crippen molar-refractivity contribution in [3.05, 3.63) is 0 Å². The number of hydroxylamine groups is 2. The molecule has 1 heterocycles. The van der Waals surface area contributed by atoms with Gasteiger partial charge in [0.25, 0.3) is 11.8 Å². The van der Waals surface area contributed by atoms with Crippen LogP contribution < -0.4 is 0 Å². The summed E-state index contributed by atoms with van der Waals surface area (Å²) in [4.78, 5) is 37.1. The topological polar surface area (TPSA) is 72.9 Å². The van der Waals surface area contributed by atoms with Gasteiger partial charge in [0, 0.05) is 12.8 Å². The van der Waals surface area contributed by atoms with Gasteiger partial charge in [0.1, 0.15) is 6.61 Å². The van der Waals surface area contributed by atoms with Crippen molar-refractivity contribution in [2.24, 2.45) is 0 Å². The molecule has 0 atom stereocenters. The van der Waals surface area contributed by atoms with Gasteiger partial charge in [0.15, 0.2) is 0 Å². The maximum Gasteiger partial charge on any atom is 0.533 e. The highest BCUT2D eigenvalue weighted by molar-refractivity contribution is 6.01. The van der Waals surface area contributed by atoms with Gasteiger partial charge in [-0.2, -0.15) is 39.5 Å². The molecule has 0 spiro atoms. The average Bonchev–Trinajstić information content (AvgIpc) is 2.77. The van der Waals surface area contributed by atoms with E-state index in [2.05, 4.69) is 9.57 Å². The first-order chi connectivity index (χ1) is 11.5. The monoisotopic (exact) mass is 405 g/mol. The molecule has 26 heavy (non-hydrogen) atoms. The van der Waals surface area contributed by atoms with E-state index in [1.165, 1.54) is 0 Å². The van der Waals surface area contributed by atoms with E-state index in [-0.39, 0.29) is 17.9 Å². The summed E-state index contributed by atoms with van der Waals surface area (Å²) in [6, 6.07) is 0. The van der Waals surface area contributed by atoms with Crippen molar-refractivity contribution < 1.29 is 63.5 Å². The number of carbonyl (C=O) groups excluding carboxylic acids is 3. The summed E-state index contributed by atoms with van der Waals surface area (Å²) in [5.74, 6) is -21.8. The fraction of sp³-hybridized carbons (Fsp3) is 0.727. The van der Waals surface area contributed by atoms with Crippen molar-refractivity contribution in [2.45, 2.75) is 43.2 Å².